The summed E-state index contributed by atoms with van der Waals surface area (Å²) in [7, 11) is 0. The summed E-state index contributed by atoms with van der Waals surface area (Å²) in [5.74, 6) is -0.847. The van der Waals surface area contributed by atoms with Crippen LogP contribution in [0.4, 0.5) is 0 Å². The largest absolute Gasteiger partial charge is 0.485 e. The van der Waals surface area contributed by atoms with Crippen molar-refractivity contribution in [3.8, 4) is 11.5 Å². The third-order valence-corrected chi connectivity index (χ3v) is 2.81. The highest BCUT2D eigenvalue weighted by molar-refractivity contribution is 5.82. The number of carbonyl (C=O) groups is 2. The topological polar surface area (TPSA) is 84.9 Å². The molecule has 2 atom stereocenters. The fourth-order valence-corrected chi connectivity index (χ4v) is 1.60. The quantitative estimate of drug-likeness (QED) is 0.835. The summed E-state index contributed by atoms with van der Waals surface area (Å²) >= 11 is 0. The Kier molecular flexibility index (Phi) is 3.89. The molecular formula is C13H15NO5. The maximum Gasteiger partial charge on any atom is 0.308 e. The molecule has 6 nitrogen and oxygen atoms in total. The Balaban J connectivity index is 1.90. The molecule has 0 spiro atoms. The van der Waals surface area contributed by atoms with E-state index in [1.54, 1.807) is 18.2 Å². The molecule has 102 valence electrons. The van der Waals surface area contributed by atoms with Gasteiger partial charge in [-0.2, -0.15) is 0 Å². The summed E-state index contributed by atoms with van der Waals surface area (Å²) < 4.78 is 10.9. The first-order chi connectivity index (χ1) is 9.08. The number of nitrogens with one attached hydrogen (secondary N) is 1. The van der Waals surface area contributed by atoms with E-state index in [2.05, 4.69) is 5.32 Å². The third kappa shape index (κ3) is 3.15. The van der Waals surface area contributed by atoms with Crippen LogP contribution in [0.25, 0.3) is 0 Å². The van der Waals surface area contributed by atoms with Crippen LogP contribution < -0.4 is 14.8 Å². The Morgan fingerprint density at radius 3 is 2.79 bits per heavy atom. The predicted octanol–water partition coefficient (Wildman–Crippen LogP) is 0.663. The van der Waals surface area contributed by atoms with Gasteiger partial charge in [-0.05, 0) is 12.1 Å². The lowest BCUT2D eigenvalue weighted by Crippen LogP contribution is -2.45. The third-order valence-electron chi connectivity index (χ3n) is 2.81. The van der Waals surface area contributed by atoms with Gasteiger partial charge in [-0.3, -0.25) is 9.59 Å². The van der Waals surface area contributed by atoms with Crippen molar-refractivity contribution in [1.29, 1.82) is 0 Å². The van der Waals surface area contributed by atoms with E-state index in [4.69, 9.17) is 14.6 Å². The summed E-state index contributed by atoms with van der Waals surface area (Å²) in [6.07, 6.45) is -0.754. The van der Waals surface area contributed by atoms with Crippen LogP contribution in [0.3, 0.4) is 0 Å². The number of carbonyl (C=O) groups excluding carboxylic acids is 1. The predicted molar refractivity (Wildman–Crippen MR) is 66.2 cm³/mol. The van der Waals surface area contributed by atoms with Gasteiger partial charge in [-0.15, -0.1) is 0 Å². The molecule has 0 aliphatic carbocycles. The second-order valence-electron chi connectivity index (χ2n) is 4.35. The number of carboxylic acid groups (broad SMARTS) is 1. The lowest BCUT2D eigenvalue weighted by atomic mass is 10.2. The van der Waals surface area contributed by atoms with E-state index in [-0.39, 0.29) is 19.1 Å². The molecule has 2 rings (SSSR count). The standard InChI is InChI=1S/C13H15NO5/c1-8(13(16)17)6-14-12(15)11-7-18-9-4-2-3-5-10(9)19-11/h2-5,8,11H,6-7H2,1H3,(H,14,15)(H,16,17)/t8-,11-/m0/s1. The number of carboxylic acids is 1. The highest BCUT2D eigenvalue weighted by atomic mass is 16.6. The van der Waals surface area contributed by atoms with Crippen LogP contribution in [0.5, 0.6) is 11.5 Å². The van der Waals surface area contributed by atoms with Crippen LogP contribution >= 0.6 is 0 Å². The van der Waals surface area contributed by atoms with Gasteiger partial charge in [0.25, 0.3) is 5.91 Å². The average Bonchev–Trinajstić information content (AvgIpc) is 2.43. The molecule has 0 radical (unpaired) electrons. The van der Waals surface area contributed by atoms with Gasteiger partial charge in [0, 0.05) is 6.54 Å². The van der Waals surface area contributed by atoms with Crippen molar-refractivity contribution >= 4 is 11.9 Å². The molecule has 0 fully saturated rings. The van der Waals surface area contributed by atoms with E-state index >= 15 is 0 Å². The minimum Gasteiger partial charge on any atom is -0.485 e. The van der Waals surface area contributed by atoms with Gasteiger partial charge in [0.15, 0.2) is 11.5 Å². The Labute approximate surface area is 110 Å². The fourth-order valence-electron chi connectivity index (χ4n) is 1.60. The van der Waals surface area contributed by atoms with Crippen molar-refractivity contribution in [2.45, 2.75) is 13.0 Å². The van der Waals surface area contributed by atoms with Gasteiger partial charge in [-0.1, -0.05) is 19.1 Å². The van der Waals surface area contributed by atoms with Crippen LogP contribution in [-0.2, 0) is 9.59 Å². The second kappa shape index (κ2) is 5.60. The van der Waals surface area contributed by atoms with E-state index in [0.717, 1.165) is 0 Å². The second-order valence-corrected chi connectivity index (χ2v) is 4.35. The van der Waals surface area contributed by atoms with Crippen LogP contribution in [0.1, 0.15) is 6.92 Å². The number of hydrogen-bond acceptors (Lipinski definition) is 4. The Morgan fingerprint density at radius 2 is 2.11 bits per heavy atom. The van der Waals surface area contributed by atoms with Crippen LogP contribution in [0, 0.1) is 5.92 Å². The molecule has 19 heavy (non-hydrogen) atoms. The summed E-state index contributed by atoms with van der Waals surface area (Å²) in [6.45, 7) is 1.70. The summed E-state index contributed by atoms with van der Waals surface area (Å²) in [5, 5.41) is 11.3. The number of ether oxygens (including phenoxy) is 2. The number of aliphatic carboxylic acids is 1. The lowest BCUT2D eigenvalue weighted by molar-refractivity contribution is -0.141. The van der Waals surface area contributed by atoms with Gasteiger partial charge in [0.2, 0.25) is 6.10 Å². The molecule has 0 aromatic heterocycles. The van der Waals surface area contributed by atoms with Crippen molar-refractivity contribution in [2.75, 3.05) is 13.2 Å². The molecule has 0 unspecified atom stereocenters. The Morgan fingerprint density at radius 1 is 1.42 bits per heavy atom. The van der Waals surface area contributed by atoms with E-state index in [1.165, 1.54) is 6.92 Å². The number of amides is 1. The first-order valence-corrected chi connectivity index (χ1v) is 5.97. The minimum absolute atomic E-state index is 0.0652. The minimum atomic E-state index is -0.952. The molecule has 2 N–H and O–H groups in total. The van der Waals surface area contributed by atoms with Crippen molar-refractivity contribution < 1.29 is 24.2 Å². The van der Waals surface area contributed by atoms with Gasteiger partial charge in [0.1, 0.15) is 6.61 Å². The normalized spacial score (nSPS) is 18.5. The highest BCUT2D eigenvalue weighted by Crippen LogP contribution is 2.30. The first kappa shape index (κ1) is 13.2. The summed E-state index contributed by atoms with van der Waals surface area (Å²) in [4.78, 5) is 22.5. The summed E-state index contributed by atoms with van der Waals surface area (Å²) in [5.41, 5.74) is 0. The molecule has 1 heterocycles. The van der Waals surface area contributed by atoms with Crippen molar-refractivity contribution in [3.05, 3.63) is 24.3 Å². The van der Waals surface area contributed by atoms with Crippen molar-refractivity contribution in [3.63, 3.8) is 0 Å². The molecule has 1 aromatic carbocycles. The average molecular weight is 265 g/mol. The molecule has 0 bridgehead atoms. The number of para-hydroxylation sites is 2. The Bertz CT molecular complexity index is 488. The Hall–Kier alpha value is -2.24. The van der Waals surface area contributed by atoms with Crippen LogP contribution in [-0.4, -0.2) is 36.2 Å². The number of hydrogen-bond donors (Lipinski definition) is 2. The van der Waals surface area contributed by atoms with Crippen molar-refractivity contribution in [1.82, 2.24) is 5.32 Å². The number of benzene rings is 1. The number of rotatable bonds is 4. The zero-order valence-electron chi connectivity index (χ0n) is 10.5. The van der Waals surface area contributed by atoms with Crippen LogP contribution in [0.15, 0.2) is 24.3 Å². The van der Waals surface area contributed by atoms with Crippen LogP contribution in [0.2, 0.25) is 0 Å². The van der Waals surface area contributed by atoms with E-state index in [1.807, 2.05) is 6.07 Å². The monoisotopic (exact) mass is 265 g/mol. The fraction of sp³-hybridized carbons (Fsp3) is 0.385. The molecule has 6 heteroatoms. The maximum atomic E-state index is 11.8. The molecule has 0 saturated heterocycles. The summed E-state index contributed by atoms with van der Waals surface area (Å²) in [6, 6.07) is 7.08. The molecule has 1 aliphatic rings. The van der Waals surface area contributed by atoms with Gasteiger partial charge < -0.3 is 19.9 Å². The van der Waals surface area contributed by atoms with Gasteiger partial charge in [0.05, 0.1) is 5.92 Å². The van der Waals surface area contributed by atoms with Gasteiger partial charge in [-0.25, -0.2) is 0 Å². The van der Waals surface area contributed by atoms with Gasteiger partial charge >= 0.3 is 5.97 Å². The van der Waals surface area contributed by atoms with E-state index in [9.17, 15) is 9.59 Å². The number of fused-ring (bicyclic) bond motifs is 1. The highest BCUT2D eigenvalue weighted by Gasteiger charge is 2.27. The maximum absolute atomic E-state index is 11.8. The smallest absolute Gasteiger partial charge is 0.308 e. The van der Waals surface area contributed by atoms with E-state index in [0.29, 0.717) is 11.5 Å². The lowest BCUT2D eigenvalue weighted by Gasteiger charge is -2.25. The molecule has 1 amide bonds. The first-order valence-electron chi connectivity index (χ1n) is 5.97. The SMILES string of the molecule is C[C@@H](CNC(=O)[C@@H]1COc2ccccc2O1)C(=O)O. The molecule has 1 aromatic rings. The van der Waals surface area contributed by atoms with Crippen molar-refractivity contribution in [2.24, 2.45) is 5.92 Å². The zero-order chi connectivity index (χ0) is 13.8. The molecular weight excluding hydrogens is 250 g/mol. The molecule has 1 aliphatic heterocycles. The van der Waals surface area contributed by atoms with E-state index < -0.39 is 18.0 Å². The zero-order valence-corrected chi connectivity index (χ0v) is 10.5. The molecule has 0 saturated carbocycles.